The van der Waals surface area contributed by atoms with Gasteiger partial charge in [0.15, 0.2) is 0 Å². The quantitative estimate of drug-likeness (QED) is 0.581. The number of amides is 3. The van der Waals surface area contributed by atoms with Crippen molar-refractivity contribution in [2.24, 2.45) is 0 Å². The van der Waals surface area contributed by atoms with E-state index >= 15 is 0 Å². The topological polar surface area (TPSA) is 87.3 Å². The lowest BCUT2D eigenvalue weighted by Crippen LogP contribution is -2.33. The Labute approximate surface area is 161 Å². The highest BCUT2D eigenvalue weighted by Crippen LogP contribution is 2.37. The molecular formula is C21H31N3O3. The van der Waals surface area contributed by atoms with E-state index in [9.17, 15) is 14.4 Å². The van der Waals surface area contributed by atoms with Crippen LogP contribution in [0.3, 0.4) is 0 Å². The zero-order chi connectivity index (χ0) is 19.9. The van der Waals surface area contributed by atoms with Crippen molar-refractivity contribution in [2.45, 2.75) is 64.7 Å². The third kappa shape index (κ3) is 6.08. The van der Waals surface area contributed by atoms with Gasteiger partial charge in [-0.2, -0.15) is 0 Å². The van der Waals surface area contributed by atoms with Crippen LogP contribution in [0.1, 0.15) is 75.2 Å². The molecule has 2 rings (SSSR count). The molecule has 0 unspecified atom stereocenters. The number of carbonyl (C=O) groups excluding carboxylic acids is 3. The molecule has 0 fully saturated rings. The lowest BCUT2D eigenvalue weighted by molar-refractivity contribution is -0.121. The maximum atomic E-state index is 12.4. The van der Waals surface area contributed by atoms with Gasteiger partial charge < -0.3 is 16.0 Å². The Bertz CT molecular complexity index is 698. The molecule has 6 heteroatoms. The second-order valence-electron chi connectivity index (χ2n) is 7.74. The molecule has 0 saturated carbocycles. The fourth-order valence-corrected chi connectivity index (χ4v) is 3.40. The van der Waals surface area contributed by atoms with Gasteiger partial charge in [0.1, 0.15) is 0 Å². The van der Waals surface area contributed by atoms with Crippen LogP contribution in [0.5, 0.6) is 0 Å². The zero-order valence-electron chi connectivity index (χ0n) is 16.6. The van der Waals surface area contributed by atoms with E-state index in [1.165, 1.54) is 0 Å². The normalized spacial score (nSPS) is 14.9. The van der Waals surface area contributed by atoms with Crippen molar-refractivity contribution in [3.63, 3.8) is 0 Å². The summed E-state index contributed by atoms with van der Waals surface area (Å²) in [7, 11) is 0. The molecule has 1 aromatic carbocycles. The Balaban J connectivity index is 1.75. The van der Waals surface area contributed by atoms with Crippen LogP contribution in [0.25, 0.3) is 0 Å². The van der Waals surface area contributed by atoms with Gasteiger partial charge in [0.2, 0.25) is 11.8 Å². The van der Waals surface area contributed by atoms with E-state index in [1.807, 2.05) is 32.9 Å². The van der Waals surface area contributed by atoms with Gasteiger partial charge in [0.05, 0.1) is 0 Å². The average Bonchev–Trinajstić information content (AvgIpc) is 2.60. The molecule has 1 aromatic rings. The van der Waals surface area contributed by atoms with Crippen molar-refractivity contribution in [2.75, 3.05) is 18.4 Å². The summed E-state index contributed by atoms with van der Waals surface area (Å²) in [5.74, 6) is 0.0297. The van der Waals surface area contributed by atoms with Gasteiger partial charge in [-0.25, -0.2) is 0 Å². The predicted molar refractivity (Wildman–Crippen MR) is 107 cm³/mol. The fraction of sp³-hybridized carbons (Fsp3) is 0.571. The molecule has 3 amide bonds. The molecule has 0 radical (unpaired) electrons. The van der Waals surface area contributed by atoms with Crippen molar-refractivity contribution < 1.29 is 14.4 Å². The molecule has 0 saturated heterocycles. The summed E-state index contributed by atoms with van der Waals surface area (Å²) in [6.07, 6.45) is 4.74. The van der Waals surface area contributed by atoms with Crippen molar-refractivity contribution in [1.82, 2.24) is 10.6 Å². The minimum absolute atomic E-state index is 0.0110. The summed E-state index contributed by atoms with van der Waals surface area (Å²) in [5, 5.41) is 8.62. The van der Waals surface area contributed by atoms with Gasteiger partial charge in [0.25, 0.3) is 5.91 Å². The molecule has 0 aliphatic carbocycles. The van der Waals surface area contributed by atoms with Crippen LogP contribution in [0.15, 0.2) is 18.2 Å². The second-order valence-corrected chi connectivity index (χ2v) is 7.74. The summed E-state index contributed by atoms with van der Waals surface area (Å²) in [5.41, 5.74) is 2.13. The summed E-state index contributed by atoms with van der Waals surface area (Å²) >= 11 is 0. The Morgan fingerprint density at radius 3 is 2.59 bits per heavy atom. The Hall–Kier alpha value is -2.37. The molecule has 0 spiro atoms. The number of fused-ring (bicyclic) bond motifs is 1. The van der Waals surface area contributed by atoms with E-state index in [4.69, 9.17) is 0 Å². The van der Waals surface area contributed by atoms with E-state index < -0.39 is 0 Å². The van der Waals surface area contributed by atoms with Crippen LogP contribution in [-0.2, 0) is 15.0 Å². The number of rotatable bonds is 9. The van der Waals surface area contributed by atoms with Crippen molar-refractivity contribution in [3.05, 3.63) is 29.3 Å². The number of hydrogen-bond acceptors (Lipinski definition) is 3. The fourth-order valence-electron chi connectivity index (χ4n) is 3.40. The van der Waals surface area contributed by atoms with Crippen molar-refractivity contribution >= 4 is 23.4 Å². The molecular weight excluding hydrogens is 342 g/mol. The first-order valence-electron chi connectivity index (χ1n) is 9.83. The van der Waals surface area contributed by atoms with Crippen LogP contribution in [-0.4, -0.2) is 30.8 Å². The van der Waals surface area contributed by atoms with Gasteiger partial charge in [-0.05, 0) is 43.5 Å². The second kappa shape index (κ2) is 9.53. The molecule has 0 atom stereocenters. The predicted octanol–water partition coefficient (Wildman–Crippen LogP) is 3.12. The molecule has 3 N–H and O–H groups in total. The first-order chi connectivity index (χ1) is 12.8. The minimum Gasteiger partial charge on any atom is -0.356 e. The third-order valence-electron chi connectivity index (χ3n) is 4.88. The maximum Gasteiger partial charge on any atom is 0.251 e. The highest BCUT2D eigenvalue weighted by Gasteiger charge is 2.32. The molecule has 1 heterocycles. The highest BCUT2D eigenvalue weighted by molar-refractivity contribution is 5.98. The number of anilines is 1. The largest absolute Gasteiger partial charge is 0.356 e. The Morgan fingerprint density at radius 2 is 1.85 bits per heavy atom. The minimum atomic E-state index is -0.280. The number of carbonyl (C=O) groups is 3. The van der Waals surface area contributed by atoms with Crippen molar-refractivity contribution in [3.8, 4) is 0 Å². The summed E-state index contributed by atoms with van der Waals surface area (Å²) in [6.45, 7) is 7.26. The first kappa shape index (κ1) is 20.9. The molecule has 1 aliphatic heterocycles. The maximum absolute atomic E-state index is 12.4. The summed E-state index contributed by atoms with van der Waals surface area (Å²) in [6, 6.07) is 5.45. The van der Waals surface area contributed by atoms with Gasteiger partial charge in [-0.3, -0.25) is 14.4 Å². The van der Waals surface area contributed by atoms with Crippen LogP contribution in [0, 0.1) is 0 Å². The van der Waals surface area contributed by atoms with Crippen LogP contribution >= 0.6 is 0 Å². The molecule has 0 aromatic heterocycles. The smallest absolute Gasteiger partial charge is 0.251 e. The standard InChI is InChI=1S/C21H31N3O3/c1-4-22-18(25)9-7-5-6-8-12-23-20(27)15-10-11-17-16(13-15)21(2,3)14-19(26)24-17/h10-11,13H,4-9,12,14H2,1-3H3,(H,22,25)(H,23,27)(H,24,26). The molecule has 1 aliphatic rings. The highest BCUT2D eigenvalue weighted by atomic mass is 16.2. The number of benzene rings is 1. The van der Waals surface area contributed by atoms with Gasteiger partial charge >= 0.3 is 0 Å². The van der Waals surface area contributed by atoms with Crippen molar-refractivity contribution in [1.29, 1.82) is 0 Å². The van der Waals surface area contributed by atoms with E-state index in [1.54, 1.807) is 6.07 Å². The lowest BCUT2D eigenvalue weighted by Gasteiger charge is -2.32. The summed E-state index contributed by atoms with van der Waals surface area (Å²) < 4.78 is 0. The third-order valence-corrected chi connectivity index (χ3v) is 4.88. The number of nitrogens with one attached hydrogen (secondary N) is 3. The van der Waals surface area contributed by atoms with E-state index in [2.05, 4.69) is 16.0 Å². The van der Waals surface area contributed by atoms with Crippen LogP contribution in [0.4, 0.5) is 5.69 Å². The van der Waals surface area contributed by atoms with E-state index in [0.717, 1.165) is 36.9 Å². The molecule has 0 bridgehead atoms. The van der Waals surface area contributed by atoms with Gasteiger partial charge in [0, 0.05) is 42.6 Å². The summed E-state index contributed by atoms with van der Waals surface area (Å²) in [4.78, 5) is 35.5. The SMILES string of the molecule is CCNC(=O)CCCCCCNC(=O)c1ccc2c(c1)C(C)(C)CC(=O)N2. The molecule has 6 nitrogen and oxygen atoms in total. The number of hydrogen-bond donors (Lipinski definition) is 3. The molecule has 27 heavy (non-hydrogen) atoms. The lowest BCUT2D eigenvalue weighted by atomic mass is 9.77. The van der Waals surface area contributed by atoms with E-state index in [0.29, 0.717) is 31.5 Å². The number of unbranched alkanes of at least 4 members (excludes halogenated alkanes) is 3. The van der Waals surface area contributed by atoms with E-state index in [-0.39, 0.29) is 23.1 Å². The van der Waals surface area contributed by atoms with Crippen LogP contribution < -0.4 is 16.0 Å². The zero-order valence-corrected chi connectivity index (χ0v) is 16.6. The monoisotopic (exact) mass is 373 g/mol. The van der Waals surface area contributed by atoms with Gasteiger partial charge in [-0.1, -0.05) is 26.7 Å². The van der Waals surface area contributed by atoms with Gasteiger partial charge in [-0.15, -0.1) is 0 Å². The Morgan fingerprint density at radius 1 is 1.11 bits per heavy atom. The first-order valence-corrected chi connectivity index (χ1v) is 9.83. The average molecular weight is 373 g/mol. The Kier molecular flexibility index (Phi) is 7.39. The molecule has 148 valence electrons. The van der Waals surface area contributed by atoms with Crippen LogP contribution in [0.2, 0.25) is 0 Å².